The van der Waals surface area contributed by atoms with E-state index >= 15 is 0 Å². The van der Waals surface area contributed by atoms with Crippen LogP contribution in [0.25, 0.3) is 0 Å². The average molecular weight is 328 g/mol. The fourth-order valence-corrected chi connectivity index (χ4v) is 0.854. The van der Waals surface area contributed by atoms with Gasteiger partial charge >= 0.3 is 29.6 Å². The minimum atomic E-state index is -6.00. The van der Waals surface area contributed by atoms with Gasteiger partial charge in [0.1, 0.15) is 0 Å². The zero-order chi connectivity index (χ0) is 10.7. The molecule has 0 rings (SSSR count). The zero-order valence-corrected chi connectivity index (χ0v) is 10.5. The summed E-state index contributed by atoms with van der Waals surface area (Å²) in [5, 5.41) is 0. The fraction of sp³-hybridized carbons (Fsp3) is 1.00. The molecule has 0 aliphatic heterocycles. The summed E-state index contributed by atoms with van der Waals surface area (Å²) >= 11 is 0. The van der Waals surface area contributed by atoms with Crippen LogP contribution in [0.15, 0.2) is 0 Å². The van der Waals surface area contributed by atoms with Crippen molar-refractivity contribution in [3.8, 4) is 0 Å². The van der Waals surface area contributed by atoms with Crippen molar-refractivity contribution in [2.45, 2.75) is 52.4 Å². The van der Waals surface area contributed by atoms with E-state index in [1.807, 2.05) is 0 Å². The summed E-state index contributed by atoms with van der Waals surface area (Å²) in [7, 11) is -6.00. The van der Waals surface area contributed by atoms with E-state index < -0.39 is 7.25 Å². The van der Waals surface area contributed by atoms with Crippen molar-refractivity contribution in [2.75, 3.05) is 0 Å². The number of rotatable bonds is 5. The van der Waals surface area contributed by atoms with Gasteiger partial charge in [0.05, 0.1) is 0 Å². The molecule has 0 aliphatic carbocycles. The summed E-state index contributed by atoms with van der Waals surface area (Å²) in [5.74, 6) is 0. The Morgan fingerprint density at radius 3 is 1.07 bits per heavy atom. The summed E-state index contributed by atoms with van der Waals surface area (Å²) in [6, 6.07) is 0. The van der Waals surface area contributed by atoms with Crippen LogP contribution >= 0.6 is 0 Å². The van der Waals surface area contributed by atoms with Gasteiger partial charge in [-0.3, -0.25) is 0 Å². The number of hydrogen-bond acceptors (Lipinski definition) is 0. The van der Waals surface area contributed by atoms with Crippen LogP contribution in [0.2, 0.25) is 0 Å². The van der Waals surface area contributed by atoms with Gasteiger partial charge in [-0.25, -0.2) is 0 Å². The van der Waals surface area contributed by atoms with Crippen LogP contribution in [-0.2, 0) is 22.4 Å². The van der Waals surface area contributed by atoms with Gasteiger partial charge in [-0.15, -0.1) is 0 Å². The molecule has 0 amide bonds. The van der Waals surface area contributed by atoms with E-state index in [1.165, 1.54) is 38.5 Å². The second kappa shape index (κ2) is 16.9. The standard InChI is InChI=1S/C8H18.Ag.BF4.FH/c1-3-5-7-8-6-4-2;;2-1(3,4)5;/h3-8H2,1-2H3;;;1H/q;+2;-1;/p-1. The Bertz CT molecular complexity index is 87.5. The Labute approximate surface area is 104 Å². The van der Waals surface area contributed by atoms with Crippen molar-refractivity contribution in [3.05, 3.63) is 0 Å². The van der Waals surface area contributed by atoms with Gasteiger partial charge in [-0.2, -0.15) is 0 Å². The summed E-state index contributed by atoms with van der Waals surface area (Å²) in [6.45, 7) is 4.51. The third kappa shape index (κ3) is 75.4. The Balaban J connectivity index is -0.0000000770. The molecule has 0 saturated carbocycles. The number of hydrogen-bond donors (Lipinski definition) is 0. The molecule has 0 nitrogen and oxygen atoms in total. The van der Waals surface area contributed by atoms with Crippen LogP contribution in [0, 0.1) is 0 Å². The van der Waals surface area contributed by atoms with Gasteiger partial charge < -0.3 is 22.0 Å². The average Bonchev–Trinajstić information content (AvgIpc) is 1.95. The van der Waals surface area contributed by atoms with E-state index in [2.05, 4.69) is 13.8 Å². The summed E-state index contributed by atoms with van der Waals surface area (Å²) in [4.78, 5) is 0. The quantitative estimate of drug-likeness (QED) is 0.409. The maximum atomic E-state index is 9.75. The molecule has 0 aromatic heterocycles. The van der Waals surface area contributed by atoms with E-state index in [9.17, 15) is 17.3 Å². The zero-order valence-electron chi connectivity index (χ0n) is 9.01. The summed E-state index contributed by atoms with van der Waals surface area (Å²) in [6.07, 6.45) is 8.49. The van der Waals surface area contributed by atoms with E-state index in [1.54, 1.807) is 0 Å². The van der Waals surface area contributed by atoms with Crippen molar-refractivity contribution in [1.29, 1.82) is 0 Å². The molecule has 0 bridgehead atoms. The molecule has 0 spiro atoms. The van der Waals surface area contributed by atoms with Crippen LogP contribution in [0.1, 0.15) is 52.4 Å². The smallest absolute Gasteiger partial charge is 1.00 e. The van der Waals surface area contributed by atoms with Gasteiger partial charge in [-0.05, 0) is 0 Å². The number of halogens is 5. The summed E-state index contributed by atoms with van der Waals surface area (Å²) < 4.78 is 39.0. The third-order valence-electron chi connectivity index (χ3n) is 1.46. The predicted molar refractivity (Wildman–Crippen MR) is 49.2 cm³/mol. The molecule has 0 unspecified atom stereocenters. The first-order valence-electron chi connectivity index (χ1n) is 4.79. The first-order valence-corrected chi connectivity index (χ1v) is 4.79. The van der Waals surface area contributed by atoms with Crippen molar-refractivity contribution < 1.29 is 44.3 Å². The van der Waals surface area contributed by atoms with Crippen LogP contribution in [0.5, 0.6) is 0 Å². The van der Waals surface area contributed by atoms with Crippen LogP contribution in [0.3, 0.4) is 0 Å². The molecular weight excluding hydrogens is 310 g/mol. The van der Waals surface area contributed by atoms with Gasteiger partial charge in [0.15, 0.2) is 0 Å². The molecule has 0 N–H and O–H groups in total. The predicted octanol–water partition coefficient (Wildman–Crippen LogP) is 1.67. The van der Waals surface area contributed by atoms with Gasteiger partial charge in [-0.1, -0.05) is 52.4 Å². The first-order chi connectivity index (χ1) is 5.91. The van der Waals surface area contributed by atoms with E-state index in [0.29, 0.717) is 0 Å². The molecule has 0 heterocycles. The van der Waals surface area contributed by atoms with Crippen molar-refractivity contribution in [2.24, 2.45) is 0 Å². The maximum Gasteiger partial charge on any atom is 2.00 e. The van der Waals surface area contributed by atoms with Gasteiger partial charge in [0, 0.05) is 0 Å². The summed E-state index contributed by atoms with van der Waals surface area (Å²) in [5.41, 5.74) is 0. The fourth-order valence-electron chi connectivity index (χ4n) is 0.854. The second-order valence-electron chi connectivity index (χ2n) is 2.91. The van der Waals surface area contributed by atoms with Crippen LogP contribution in [-0.4, -0.2) is 7.25 Å². The SMILES string of the molecule is CCCCCCCC.F[B-](F)(F)F.[Ag+2].[F-]. The minimum absolute atomic E-state index is 0. The Morgan fingerprint density at radius 1 is 0.733 bits per heavy atom. The molecule has 15 heavy (non-hydrogen) atoms. The van der Waals surface area contributed by atoms with Crippen LogP contribution in [0.4, 0.5) is 17.3 Å². The molecule has 0 atom stereocenters. The largest absolute Gasteiger partial charge is 2.00 e. The number of unbranched alkanes of at least 4 members (excludes halogenated alkanes) is 5. The molecule has 0 aromatic carbocycles. The molecule has 0 fully saturated rings. The molecule has 99 valence electrons. The molecular formula is C8H18AgBF5. The van der Waals surface area contributed by atoms with Crippen molar-refractivity contribution >= 4 is 7.25 Å². The topological polar surface area (TPSA) is 0 Å². The first kappa shape index (κ1) is 24.6. The van der Waals surface area contributed by atoms with Crippen molar-refractivity contribution in [3.63, 3.8) is 0 Å². The third-order valence-corrected chi connectivity index (χ3v) is 1.46. The Kier molecular flexibility index (Phi) is 27.7. The molecule has 0 aliphatic rings. The minimum Gasteiger partial charge on any atom is -1.00 e. The molecule has 0 saturated heterocycles. The van der Waals surface area contributed by atoms with E-state index in [4.69, 9.17) is 0 Å². The van der Waals surface area contributed by atoms with E-state index in [0.717, 1.165) is 0 Å². The molecule has 7 heteroatoms. The monoisotopic (exact) mass is 327 g/mol. The molecule has 1 radical (unpaired) electrons. The Hall–Kier alpha value is 0.455. The maximum absolute atomic E-state index is 9.75. The van der Waals surface area contributed by atoms with Crippen LogP contribution < -0.4 is 4.70 Å². The van der Waals surface area contributed by atoms with Crippen molar-refractivity contribution in [1.82, 2.24) is 0 Å². The van der Waals surface area contributed by atoms with Gasteiger partial charge in [0.25, 0.3) is 0 Å². The Morgan fingerprint density at radius 2 is 0.933 bits per heavy atom. The van der Waals surface area contributed by atoms with E-state index in [-0.39, 0.29) is 27.1 Å². The molecule has 0 aromatic rings. The normalized spacial score (nSPS) is 9.20. The van der Waals surface area contributed by atoms with Gasteiger partial charge in [0.2, 0.25) is 0 Å². The second-order valence-corrected chi connectivity index (χ2v) is 2.91.